The van der Waals surface area contributed by atoms with Crippen molar-refractivity contribution in [3.05, 3.63) is 18.2 Å². The first kappa shape index (κ1) is 11.6. The van der Waals surface area contributed by atoms with E-state index in [9.17, 15) is 0 Å². The van der Waals surface area contributed by atoms with Crippen molar-refractivity contribution in [3.8, 4) is 0 Å². The van der Waals surface area contributed by atoms with Crippen LogP contribution in [0.4, 0.5) is 0 Å². The molecule has 0 bridgehead atoms. The molecule has 1 aromatic rings. The van der Waals surface area contributed by atoms with Gasteiger partial charge in [0.1, 0.15) is 5.82 Å². The predicted molar refractivity (Wildman–Crippen MR) is 63.2 cm³/mol. The van der Waals surface area contributed by atoms with Gasteiger partial charge in [-0.15, -0.1) is 0 Å². The van der Waals surface area contributed by atoms with Gasteiger partial charge in [0.15, 0.2) is 0 Å². The van der Waals surface area contributed by atoms with Crippen LogP contribution in [0.15, 0.2) is 12.4 Å². The molecule has 0 radical (unpaired) electrons. The summed E-state index contributed by atoms with van der Waals surface area (Å²) in [5.74, 6) is 1.12. The largest absolute Gasteiger partial charge is 0.380 e. The average Bonchev–Trinajstić information content (AvgIpc) is 3.02. The number of aromatic nitrogens is 2. The van der Waals surface area contributed by atoms with Crippen LogP contribution >= 0.6 is 0 Å². The van der Waals surface area contributed by atoms with Crippen LogP contribution in [-0.4, -0.2) is 28.8 Å². The Bertz CT molecular complexity index is 307. The summed E-state index contributed by atoms with van der Waals surface area (Å²) >= 11 is 0. The van der Waals surface area contributed by atoms with Gasteiger partial charge in [0.05, 0.1) is 13.2 Å². The SMILES string of the molecule is CCCOCCn1ccnc1CNC1CC1. The molecule has 1 saturated carbocycles. The highest BCUT2D eigenvalue weighted by atomic mass is 16.5. The number of ether oxygens (including phenoxy) is 1. The lowest BCUT2D eigenvalue weighted by atomic mass is 10.5. The normalized spacial score (nSPS) is 15.6. The molecule has 0 aromatic carbocycles. The van der Waals surface area contributed by atoms with E-state index in [0.29, 0.717) is 0 Å². The maximum Gasteiger partial charge on any atom is 0.122 e. The summed E-state index contributed by atoms with van der Waals surface area (Å²) in [7, 11) is 0. The van der Waals surface area contributed by atoms with Crippen molar-refractivity contribution in [2.75, 3.05) is 13.2 Å². The zero-order valence-electron chi connectivity index (χ0n) is 9.98. The van der Waals surface area contributed by atoms with Crippen LogP contribution < -0.4 is 5.32 Å². The zero-order chi connectivity index (χ0) is 11.2. The van der Waals surface area contributed by atoms with Gasteiger partial charge in [-0.2, -0.15) is 0 Å². The van der Waals surface area contributed by atoms with E-state index in [1.54, 1.807) is 0 Å². The van der Waals surface area contributed by atoms with Crippen LogP contribution in [0.1, 0.15) is 32.0 Å². The van der Waals surface area contributed by atoms with E-state index in [2.05, 4.69) is 21.8 Å². The minimum Gasteiger partial charge on any atom is -0.380 e. The first-order chi connectivity index (χ1) is 7.90. The second-order valence-corrected chi connectivity index (χ2v) is 4.30. The van der Waals surface area contributed by atoms with Crippen molar-refractivity contribution in [2.45, 2.75) is 45.3 Å². The quantitative estimate of drug-likeness (QED) is 0.680. The van der Waals surface area contributed by atoms with E-state index in [4.69, 9.17) is 4.74 Å². The number of hydrogen-bond acceptors (Lipinski definition) is 3. The highest BCUT2D eigenvalue weighted by molar-refractivity contribution is 4.94. The van der Waals surface area contributed by atoms with Gasteiger partial charge in [0, 0.05) is 31.6 Å². The number of nitrogens with one attached hydrogen (secondary N) is 1. The summed E-state index contributed by atoms with van der Waals surface area (Å²) in [5.41, 5.74) is 0. The van der Waals surface area contributed by atoms with Gasteiger partial charge < -0.3 is 14.6 Å². The molecule has 1 heterocycles. The van der Waals surface area contributed by atoms with Crippen molar-refractivity contribution in [3.63, 3.8) is 0 Å². The Kier molecular flexibility index (Phi) is 4.36. The van der Waals surface area contributed by atoms with Crippen LogP contribution in [-0.2, 0) is 17.8 Å². The van der Waals surface area contributed by atoms with Gasteiger partial charge in [-0.1, -0.05) is 6.92 Å². The van der Waals surface area contributed by atoms with Crippen LogP contribution in [0, 0.1) is 0 Å². The molecule has 4 nitrogen and oxygen atoms in total. The van der Waals surface area contributed by atoms with Gasteiger partial charge >= 0.3 is 0 Å². The highest BCUT2D eigenvalue weighted by Gasteiger charge is 2.20. The molecule has 1 aliphatic carbocycles. The fourth-order valence-corrected chi connectivity index (χ4v) is 1.64. The number of imidazole rings is 1. The lowest BCUT2D eigenvalue weighted by molar-refractivity contribution is 0.126. The summed E-state index contributed by atoms with van der Waals surface area (Å²) in [5, 5.41) is 3.48. The molecular formula is C12H21N3O. The lowest BCUT2D eigenvalue weighted by Crippen LogP contribution is -2.19. The molecule has 1 aromatic heterocycles. The third-order valence-corrected chi connectivity index (χ3v) is 2.75. The first-order valence-electron chi connectivity index (χ1n) is 6.21. The van der Waals surface area contributed by atoms with Crippen LogP contribution in [0.2, 0.25) is 0 Å². The van der Waals surface area contributed by atoms with Crippen molar-refractivity contribution >= 4 is 0 Å². The molecule has 0 aliphatic heterocycles. The van der Waals surface area contributed by atoms with Gasteiger partial charge in [-0.25, -0.2) is 4.98 Å². The molecule has 1 N–H and O–H groups in total. The summed E-state index contributed by atoms with van der Waals surface area (Å²) in [6.45, 7) is 5.54. The van der Waals surface area contributed by atoms with E-state index in [-0.39, 0.29) is 0 Å². The highest BCUT2D eigenvalue weighted by Crippen LogP contribution is 2.18. The summed E-state index contributed by atoms with van der Waals surface area (Å²) in [6.07, 6.45) is 7.61. The van der Waals surface area contributed by atoms with Gasteiger partial charge in [-0.3, -0.25) is 0 Å². The second kappa shape index (κ2) is 6.01. The topological polar surface area (TPSA) is 39.1 Å². The van der Waals surface area contributed by atoms with Crippen molar-refractivity contribution < 1.29 is 4.74 Å². The van der Waals surface area contributed by atoms with Gasteiger partial charge in [0.25, 0.3) is 0 Å². The molecule has 1 fully saturated rings. The molecule has 16 heavy (non-hydrogen) atoms. The van der Waals surface area contributed by atoms with E-state index in [1.807, 2.05) is 12.4 Å². The van der Waals surface area contributed by atoms with E-state index < -0.39 is 0 Å². The molecule has 2 rings (SSSR count). The molecule has 90 valence electrons. The molecule has 0 spiro atoms. The Balaban J connectivity index is 1.71. The van der Waals surface area contributed by atoms with Gasteiger partial charge in [0.2, 0.25) is 0 Å². The number of hydrogen-bond donors (Lipinski definition) is 1. The minimum atomic E-state index is 0.737. The Morgan fingerprint density at radius 2 is 2.38 bits per heavy atom. The Labute approximate surface area is 97.0 Å². The first-order valence-corrected chi connectivity index (χ1v) is 6.21. The van der Waals surface area contributed by atoms with Crippen molar-refractivity contribution in [2.24, 2.45) is 0 Å². The summed E-state index contributed by atoms with van der Waals surface area (Å²) in [4.78, 5) is 4.36. The predicted octanol–water partition coefficient (Wildman–Crippen LogP) is 1.56. The standard InChI is InChI=1S/C12H21N3O/c1-2-8-16-9-7-15-6-5-13-12(15)10-14-11-3-4-11/h5-6,11,14H,2-4,7-10H2,1H3. The molecule has 4 heteroatoms. The number of nitrogens with zero attached hydrogens (tertiary/aromatic N) is 2. The Morgan fingerprint density at radius 1 is 1.50 bits per heavy atom. The van der Waals surface area contributed by atoms with Gasteiger partial charge in [-0.05, 0) is 19.3 Å². The minimum absolute atomic E-state index is 0.737. The third kappa shape index (κ3) is 3.61. The van der Waals surface area contributed by atoms with Crippen LogP contribution in [0.3, 0.4) is 0 Å². The maximum absolute atomic E-state index is 5.48. The third-order valence-electron chi connectivity index (χ3n) is 2.75. The second-order valence-electron chi connectivity index (χ2n) is 4.30. The monoisotopic (exact) mass is 223 g/mol. The molecule has 0 amide bonds. The maximum atomic E-state index is 5.48. The Hall–Kier alpha value is -0.870. The van der Waals surface area contributed by atoms with Crippen molar-refractivity contribution in [1.82, 2.24) is 14.9 Å². The Morgan fingerprint density at radius 3 is 3.12 bits per heavy atom. The average molecular weight is 223 g/mol. The summed E-state index contributed by atoms with van der Waals surface area (Å²) < 4.78 is 7.65. The fraction of sp³-hybridized carbons (Fsp3) is 0.750. The zero-order valence-corrected chi connectivity index (χ0v) is 9.98. The molecule has 1 aliphatic rings. The van der Waals surface area contributed by atoms with E-state index in [0.717, 1.165) is 44.6 Å². The van der Waals surface area contributed by atoms with E-state index >= 15 is 0 Å². The molecule has 0 atom stereocenters. The number of rotatable bonds is 8. The molecular weight excluding hydrogens is 202 g/mol. The van der Waals surface area contributed by atoms with Crippen LogP contribution in [0.5, 0.6) is 0 Å². The summed E-state index contributed by atoms with van der Waals surface area (Å²) in [6, 6.07) is 0.737. The van der Waals surface area contributed by atoms with Crippen molar-refractivity contribution in [1.29, 1.82) is 0 Å². The lowest BCUT2D eigenvalue weighted by Gasteiger charge is -2.08. The molecule has 0 saturated heterocycles. The smallest absolute Gasteiger partial charge is 0.122 e. The van der Waals surface area contributed by atoms with E-state index in [1.165, 1.54) is 12.8 Å². The molecule has 0 unspecified atom stereocenters. The van der Waals surface area contributed by atoms with Crippen LogP contribution in [0.25, 0.3) is 0 Å². The fourth-order valence-electron chi connectivity index (χ4n) is 1.64.